The third-order valence-electron chi connectivity index (χ3n) is 2.03. The molecule has 0 saturated heterocycles. The normalized spacial score (nSPS) is 14.5. The minimum absolute atomic E-state index is 0.213. The molecule has 4 heteroatoms. The molecule has 1 rings (SSSR count). The lowest BCUT2D eigenvalue weighted by Crippen LogP contribution is -2.18. The Hall–Kier alpha value is -1.16. The molecule has 1 aromatic rings. The Morgan fingerprint density at radius 3 is 2.53 bits per heavy atom. The Morgan fingerprint density at radius 2 is 2.00 bits per heavy atom. The number of carbonyl (C=O) groups is 1. The molecule has 2 atom stereocenters. The van der Waals surface area contributed by atoms with Crippen LogP contribution in [0.5, 0.6) is 0 Å². The first-order chi connectivity index (χ1) is 7.09. The molecule has 3 nitrogen and oxygen atoms in total. The van der Waals surface area contributed by atoms with E-state index in [1.165, 1.54) is 0 Å². The zero-order valence-electron chi connectivity index (χ0n) is 8.55. The fourth-order valence-corrected chi connectivity index (χ4v) is 2.55. The van der Waals surface area contributed by atoms with E-state index >= 15 is 0 Å². The maximum atomic E-state index is 11.6. The van der Waals surface area contributed by atoms with Crippen LogP contribution in [0.4, 0.5) is 0 Å². The first-order valence-corrected chi connectivity index (χ1v) is 6.20. The molecule has 0 aliphatic heterocycles. The highest BCUT2D eigenvalue weighted by molar-refractivity contribution is 7.84. The van der Waals surface area contributed by atoms with E-state index in [2.05, 4.69) is 0 Å². The topological polar surface area (TPSA) is 54.4 Å². The van der Waals surface area contributed by atoms with Crippen LogP contribution in [0.1, 0.15) is 12.5 Å². The highest BCUT2D eigenvalue weighted by Crippen LogP contribution is 2.06. The van der Waals surface area contributed by atoms with Crippen molar-refractivity contribution in [3.05, 3.63) is 35.9 Å². The van der Waals surface area contributed by atoms with Gasteiger partial charge in [0.25, 0.3) is 0 Å². The van der Waals surface area contributed by atoms with Crippen molar-refractivity contribution in [3.8, 4) is 0 Å². The second-order valence-electron chi connectivity index (χ2n) is 3.48. The zero-order chi connectivity index (χ0) is 11.3. The summed E-state index contributed by atoms with van der Waals surface area (Å²) in [5, 5.41) is 8.66. The van der Waals surface area contributed by atoms with Gasteiger partial charge in [-0.3, -0.25) is 9.00 Å². The molecular formula is C11H14O3S. The standard InChI is InChI=1S/C11H14O3S/c1-9(11(12)13)7-15(14)8-10-5-3-2-4-6-10/h2-6,9H,7-8H2,1H3,(H,12,13)/t9-,15?/m0/s1. The van der Waals surface area contributed by atoms with Crippen LogP contribution in [0.25, 0.3) is 0 Å². The summed E-state index contributed by atoms with van der Waals surface area (Å²) in [6, 6.07) is 9.44. The lowest BCUT2D eigenvalue weighted by Gasteiger charge is -2.05. The zero-order valence-corrected chi connectivity index (χ0v) is 9.37. The van der Waals surface area contributed by atoms with Crippen molar-refractivity contribution in [2.75, 3.05) is 5.75 Å². The van der Waals surface area contributed by atoms with Crippen LogP contribution in [0.2, 0.25) is 0 Å². The van der Waals surface area contributed by atoms with Gasteiger partial charge in [0.2, 0.25) is 0 Å². The molecule has 0 aromatic heterocycles. The van der Waals surface area contributed by atoms with Gasteiger partial charge in [0, 0.05) is 22.3 Å². The van der Waals surface area contributed by atoms with Gasteiger partial charge in [-0.1, -0.05) is 37.3 Å². The molecule has 0 radical (unpaired) electrons. The Balaban J connectivity index is 2.47. The molecule has 0 bridgehead atoms. The van der Waals surface area contributed by atoms with Gasteiger partial charge in [0.15, 0.2) is 0 Å². The van der Waals surface area contributed by atoms with Crippen LogP contribution in [0.15, 0.2) is 30.3 Å². The number of carboxylic acids is 1. The summed E-state index contributed by atoms with van der Waals surface area (Å²) in [6.45, 7) is 1.57. The van der Waals surface area contributed by atoms with E-state index in [1.54, 1.807) is 6.92 Å². The largest absolute Gasteiger partial charge is 0.481 e. The molecule has 0 aliphatic carbocycles. The number of hydrogen-bond donors (Lipinski definition) is 1. The first kappa shape index (κ1) is 11.9. The van der Waals surface area contributed by atoms with Crippen molar-refractivity contribution in [1.29, 1.82) is 0 Å². The van der Waals surface area contributed by atoms with E-state index in [-0.39, 0.29) is 5.75 Å². The van der Waals surface area contributed by atoms with E-state index in [0.717, 1.165) is 5.56 Å². The van der Waals surface area contributed by atoms with Gasteiger partial charge in [0.1, 0.15) is 0 Å². The molecule has 1 N–H and O–H groups in total. The molecule has 0 amide bonds. The van der Waals surface area contributed by atoms with Gasteiger partial charge in [-0.2, -0.15) is 0 Å². The van der Waals surface area contributed by atoms with E-state index in [1.807, 2.05) is 30.3 Å². The first-order valence-electron chi connectivity index (χ1n) is 4.71. The van der Waals surface area contributed by atoms with E-state index in [9.17, 15) is 9.00 Å². The summed E-state index contributed by atoms with van der Waals surface area (Å²) >= 11 is 0. The average Bonchev–Trinajstić information content (AvgIpc) is 2.18. The van der Waals surface area contributed by atoms with Crippen molar-refractivity contribution in [2.24, 2.45) is 5.92 Å². The number of rotatable bonds is 5. The highest BCUT2D eigenvalue weighted by atomic mass is 32.2. The van der Waals surface area contributed by atoms with Crippen LogP contribution in [-0.4, -0.2) is 21.0 Å². The van der Waals surface area contributed by atoms with Gasteiger partial charge in [-0.15, -0.1) is 0 Å². The predicted octanol–water partition coefficient (Wildman–Crippen LogP) is 1.66. The molecule has 1 aromatic carbocycles. The Morgan fingerprint density at radius 1 is 1.40 bits per heavy atom. The quantitative estimate of drug-likeness (QED) is 0.830. The molecule has 1 unspecified atom stereocenters. The molecular weight excluding hydrogens is 212 g/mol. The summed E-state index contributed by atoms with van der Waals surface area (Å²) in [5.74, 6) is -0.797. The number of hydrogen-bond acceptors (Lipinski definition) is 2. The molecule has 0 spiro atoms. The third-order valence-corrected chi connectivity index (χ3v) is 3.56. The fourth-order valence-electron chi connectivity index (χ4n) is 1.17. The van der Waals surface area contributed by atoms with Crippen LogP contribution in [-0.2, 0) is 21.3 Å². The van der Waals surface area contributed by atoms with Crippen LogP contribution in [0, 0.1) is 5.92 Å². The number of benzene rings is 1. The van der Waals surface area contributed by atoms with Crippen molar-refractivity contribution >= 4 is 16.8 Å². The van der Waals surface area contributed by atoms with E-state index < -0.39 is 22.7 Å². The van der Waals surface area contributed by atoms with Crippen molar-refractivity contribution in [3.63, 3.8) is 0 Å². The van der Waals surface area contributed by atoms with Crippen molar-refractivity contribution in [1.82, 2.24) is 0 Å². The predicted molar refractivity (Wildman–Crippen MR) is 60.0 cm³/mol. The third kappa shape index (κ3) is 4.25. The minimum atomic E-state index is -1.10. The Labute approximate surface area is 91.6 Å². The SMILES string of the molecule is C[C@@H](CS(=O)Cc1ccccc1)C(=O)O. The second-order valence-corrected chi connectivity index (χ2v) is 4.98. The van der Waals surface area contributed by atoms with Gasteiger partial charge >= 0.3 is 5.97 Å². The average molecular weight is 226 g/mol. The molecule has 0 saturated carbocycles. The van der Waals surface area contributed by atoms with E-state index in [4.69, 9.17) is 5.11 Å². The second kappa shape index (κ2) is 5.66. The lowest BCUT2D eigenvalue weighted by molar-refractivity contribution is -0.140. The monoisotopic (exact) mass is 226 g/mol. The fraction of sp³-hybridized carbons (Fsp3) is 0.364. The van der Waals surface area contributed by atoms with Gasteiger partial charge in [0.05, 0.1) is 5.92 Å². The molecule has 0 fully saturated rings. The lowest BCUT2D eigenvalue weighted by atomic mass is 10.2. The molecule has 0 aliphatic rings. The minimum Gasteiger partial charge on any atom is -0.481 e. The van der Waals surface area contributed by atoms with Gasteiger partial charge < -0.3 is 5.11 Å². The molecule has 0 heterocycles. The van der Waals surface area contributed by atoms with E-state index in [0.29, 0.717) is 5.75 Å². The highest BCUT2D eigenvalue weighted by Gasteiger charge is 2.14. The van der Waals surface area contributed by atoms with Crippen molar-refractivity contribution < 1.29 is 14.1 Å². The maximum Gasteiger partial charge on any atom is 0.307 e. The van der Waals surface area contributed by atoms with Crippen LogP contribution >= 0.6 is 0 Å². The smallest absolute Gasteiger partial charge is 0.307 e. The number of aliphatic carboxylic acids is 1. The summed E-state index contributed by atoms with van der Waals surface area (Å²) < 4.78 is 11.6. The summed E-state index contributed by atoms with van der Waals surface area (Å²) in [7, 11) is -1.10. The van der Waals surface area contributed by atoms with Gasteiger partial charge in [-0.05, 0) is 5.56 Å². The molecule has 15 heavy (non-hydrogen) atoms. The van der Waals surface area contributed by atoms with Crippen LogP contribution in [0.3, 0.4) is 0 Å². The summed E-state index contributed by atoms with van der Waals surface area (Å²) in [4.78, 5) is 10.6. The maximum absolute atomic E-state index is 11.6. The summed E-state index contributed by atoms with van der Waals surface area (Å²) in [5.41, 5.74) is 0.980. The van der Waals surface area contributed by atoms with Crippen molar-refractivity contribution in [2.45, 2.75) is 12.7 Å². The number of carboxylic acid groups (broad SMARTS) is 1. The summed E-state index contributed by atoms with van der Waals surface area (Å²) in [6.07, 6.45) is 0. The Bertz CT molecular complexity index is 348. The van der Waals surface area contributed by atoms with Gasteiger partial charge in [-0.25, -0.2) is 0 Å². The molecule has 82 valence electrons. The van der Waals surface area contributed by atoms with Crippen LogP contribution < -0.4 is 0 Å². The Kier molecular flexibility index (Phi) is 4.49.